The normalized spacial score (nSPS) is 12.1. The Morgan fingerprint density at radius 1 is 1.06 bits per heavy atom. The highest BCUT2D eigenvalue weighted by molar-refractivity contribution is 7.17. The van der Waals surface area contributed by atoms with Gasteiger partial charge in [-0.2, -0.15) is 0 Å². The first-order valence-corrected chi connectivity index (χ1v) is 11.2. The summed E-state index contributed by atoms with van der Waals surface area (Å²) >= 11 is 1.44. The lowest BCUT2D eigenvalue weighted by Crippen LogP contribution is -2.22. The van der Waals surface area contributed by atoms with Crippen LogP contribution >= 0.6 is 11.3 Å². The summed E-state index contributed by atoms with van der Waals surface area (Å²) in [5.74, 6) is -0.681. The van der Waals surface area contributed by atoms with E-state index in [1.54, 1.807) is 31.2 Å². The summed E-state index contributed by atoms with van der Waals surface area (Å²) in [6.45, 7) is 2.50. The van der Waals surface area contributed by atoms with Gasteiger partial charge in [0.05, 0.1) is 25.3 Å². The van der Waals surface area contributed by atoms with Crippen LogP contribution in [0.3, 0.4) is 0 Å². The second-order valence-corrected chi connectivity index (χ2v) is 8.12. The number of benzene rings is 1. The molecule has 2 amide bonds. The average Bonchev–Trinajstić information content (AvgIpc) is 3.33. The minimum absolute atomic E-state index is 0.00737. The van der Waals surface area contributed by atoms with Gasteiger partial charge in [0, 0.05) is 23.4 Å². The molecule has 3 rings (SSSR count). The molecule has 0 bridgehead atoms. The van der Waals surface area contributed by atoms with Gasteiger partial charge in [0.15, 0.2) is 0 Å². The molecule has 3 N–H and O–H groups in total. The third kappa shape index (κ3) is 6.21. The van der Waals surface area contributed by atoms with Crippen LogP contribution in [-0.4, -0.2) is 51.4 Å². The van der Waals surface area contributed by atoms with Crippen molar-refractivity contribution >= 4 is 45.7 Å². The van der Waals surface area contributed by atoms with E-state index in [0.29, 0.717) is 28.5 Å². The summed E-state index contributed by atoms with van der Waals surface area (Å²) < 4.78 is 15.0. The number of hydrogen-bond donors (Lipinski definition) is 3. The maximum absolute atomic E-state index is 12.5. The maximum atomic E-state index is 12.5. The molecule has 1 aromatic carbocycles. The van der Waals surface area contributed by atoms with Gasteiger partial charge in [-0.25, -0.2) is 9.59 Å². The van der Waals surface area contributed by atoms with Gasteiger partial charge in [0.2, 0.25) is 5.91 Å². The van der Waals surface area contributed by atoms with Gasteiger partial charge in [0.1, 0.15) is 11.6 Å². The van der Waals surface area contributed by atoms with Crippen LogP contribution in [0.4, 0.5) is 21.2 Å². The molecule has 0 aliphatic heterocycles. The molecular weight excluding hydrogens is 434 g/mol. The van der Waals surface area contributed by atoms with Crippen LogP contribution in [0.1, 0.15) is 34.1 Å². The molecule has 0 atom stereocenters. The average molecular weight is 462 g/mol. The van der Waals surface area contributed by atoms with E-state index in [1.807, 2.05) is 0 Å². The summed E-state index contributed by atoms with van der Waals surface area (Å²) in [5, 5.41) is 9.01. The topological polar surface area (TPSA) is 115 Å². The van der Waals surface area contributed by atoms with Crippen molar-refractivity contribution in [3.8, 4) is 0 Å². The van der Waals surface area contributed by atoms with Crippen LogP contribution in [0, 0.1) is 0 Å². The first-order valence-electron chi connectivity index (χ1n) is 10.4. The number of rotatable bonds is 10. The zero-order chi connectivity index (χ0) is 22.9. The van der Waals surface area contributed by atoms with E-state index in [-0.39, 0.29) is 25.7 Å². The number of anilines is 3. The molecule has 1 aromatic heterocycles. The van der Waals surface area contributed by atoms with E-state index in [4.69, 9.17) is 14.2 Å². The Kier molecular flexibility index (Phi) is 8.46. The van der Waals surface area contributed by atoms with Crippen LogP contribution in [0.15, 0.2) is 24.3 Å². The molecule has 1 aliphatic rings. The fourth-order valence-electron chi connectivity index (χ4n) is 3.34. The molecule has 0 fully saturated rings. The van der Waals surface area contributed by atoms with Gasteiger partial charge in [-0.1, -0.05) is 6.07 Å². The van der Waals surface area contributed by atoms with Crippen molar-refractivity contribution in [2.45, 2.75) is 26.2 Å². The van der Waals surface area contributed by atoms with E-state index in [0.717, 1.165) is 29.7 Å². The van der Waals surface area contributed by atoms with E-state index >= 15 is 0 Å². The molecule has 10 heteroatoms. The van der Waals surface area contributed by atoms with E-state index in [9.17, 15) is 14.4 Å². The predicted molar refractivity (Wildman–Crippen MR) is 123 cm³/mol. The maximum Gasteiger partial charge on any atom is 0.411 e. The predicted octanol–water partition coefficient (Wildman–Crippen LogP) is 3.66. The fourth-order valence-corrected chi connectivity index (χ4v) is 4.64. The Morgan fingerprint density at radius 2 is 1.88 bits per heavy atom. The third-order valence-corrected chi connectivity index (χ3v) is 5.94. The summed E-state index contributed by atoms with van der Waals surface area (Å²) in [6.07, 6.45) is 2.15. The zero-order valence-corrected chi connectivity index (χ0v) is 18.9. The number of carbonyl (C=O) groups is 3. The Morgan fingerprint density at radius 3 is 2.66 bits per heavy atom. The summed E-state index contributed by atoms with van der Waals surface area (Å²) in [5.41, 5.74) is 2.65. The van der Waals surface area contributed by atoms with Crippen LogP contribution in [-0.2, 0) is 31.8 Å². The Bertz CT molecular complexity index is 975. The number of thiophene rings is 1. The van der Waals surface area contributed by atoms with Crippen molar-refractivity contribution in [2.24, 2.45) is 0 Å². The van der Waals surface area contributed by atoms with Gasteiger partial charge >= 0.3 is 12.1 Å². The lowest BCUT2D eigenvalue weighted by Gasteiger charge is -2.11. The number of aryl methyl sites for hydroxylation is 1. The first-order chi connectivity index (χ1) is 15.5. The lowest BCUT2D eigenvalue weighted by atomic mass is 10.1. The molecule has 0 saturated carbocycles. The van der Waals surface area contributed by atoms with Crippen molar-refractivity contribution in [3.63, 3.8) is 0 Å². The number of carbonyl (C=O) groups excluding carboxylic acids is 3. The van der Waals surface area contributed by atoms with Gasteiger partial charge in [-0.3, -0.25) is 10.1 Å². The highest BCUT2D eigenvalue weighted by atomic mass is 32.1. The smallest absolute Gasteiger partial charge is 0.411 e. The minimum Gasteiger partial charge on any atom is -0.462 e. The first kappa shape index (κ1) is 23.6. The summed E-state index contributed by atoms with van der Waals surface area (Å²) in [4.78, 5) is 37.8. The van der Waals surface area contributed by atoms with Crippen molar-refractivity contribution < 1.29 is 28.6 Å². The number of amides is 2. The molecule has 2 aromatic rings. The van der Waals surface area contributed by atoms with Gasteiger partial charge in [0.25, 0.3) is 0 Å². The van der Waals surface area contributed by atoms with E-state index in [1.165, 1.54) is 18.4 Å². The number of esters is 1. The number of nitrogens with one attached hydrogen (secondary N) is 3. The molecule has 32 heavy (non-hydrogen) atoms. The molecule has 0 radical (unpaired) electrons. The monoisotopic (exact) mass is 461 g/mol. The van der Waals surface area contributed by atoms with E-state index < -0.39 is 12.1 Å². The molecule has 0 unspecified atom stereocenters. The number of fused-ring (bicyclic) bond motifs is 1. The molecule has 172 valence electrons. The fraction of sp³-hybridized carbons (Fsp3) is 0.409. The number of methoxy groups -OCH3 is 1. The molecule has 1 aliphatic carbocycles. The highest BCUT2D eigenvalue weighted by Gasteiger charge is 2.28. The number of ether oxygens (including phenoxy) is 3. The third-order valence-electron chi connectivity index (χ3n) is 4.74. The molecule has 1 heterocycles. The quantitative estimate of drug-likeness (QED) is 0.365. The van der Waals surface area contributed by atoms with Crippen molar-refractivity contribution in [1.29, 1.82) is 0 Å². The number of hydrogen-bond acceptors (Lipinski definition) is 8. The van der Waals surface area contributed by atoms with Crippen LogP contribution in [0.25, 0.3) is 0 Å². The lowest BCUT2D eigenvalue weighted by molar-refractivity contribution is -0.114. The summed E-state index contributed by atoms with van der Waals surface area (Å²) in [6, 6.07) is 6.92. The zero-order valence-electron chi connectivity index (χ0n) is 18.1. The van der Waals surface area contributed by atoms with Gasteiger partial charge < -0.3 is 24.8 Å². The molecular formula is C22H27N3O6S. The molecule has 0 spiro atoms. The molecule has 0 saturated heterocycles. The van der Waals surface area contributed by atoms with Crippen LogP contribution < -0.4 is 16.0 Å². The largest absolute Gasteiger partial charge is 0.462 e. The SMILES string of the molecule is CCOC(=O)c1c(NC(=O)CNc2cccc(NC(=O)OCCOC)c2)sc2c1CCC2. The van der Waals surface area contributed by atoms with E-state index in [2.05, 4.69) is 16.0 Å². The Balaban J connectivity index is 1.57. The summed E-state index contributed by atoms with van der Waals surface area (Å²) in [7, 11) is 1.52. The highest BCUT2D eigenvalue weighted by Crippen LogP contribution is 2.39. The standard InChI is InChI=1S/C22H27N3O6S/c1-3-30-21(27)19-16-8-5-9-17(16)32-20(19)25-18(26)13-23-14-6-4-7-15(12-14)24-22(28)31-11-10-29-2/h4,6-7,12,23H,3,5,8-11,13H2,1-2H3,(H,24,28)(H,25,26). The van der Waals surface area contributed by atoms with Crippen LogP contribution in [0.5, 0.6) is 0 Å². The van der Waals surface area contributed by atoms with Crippen molar-refractivity contribution in [3.05, 3.63) is 40.3 Å². The second-order valence-electron chi connectivity index (χ2n) is 7.02. The van der Waals surface area contributed by atoms with Gasteiger partial charge in [-0.05, 0) is 49.9 Å². The van der Waals surface area contributed by atoms with Gasteiger partial charge in [-0.15, -0.1) is 11.3 Å². The molecule has 9 nitrogen and oxygen atoms in total. The van der Waals surface area contributed by atoms with Crippen molar-refractivity contribution in [1.82, 2.24) is 0 Å². The Labute approximate surface area is 190 Å². The van der Waals surface area contributed by atoms with Crippen molar-refractivity contribution in [2.75, 3.05) is 49.4 Å². The Hall–Kier alpha value is -3.11. The minimum atomic E-state index is -0.589. The van der Waals surface area contributed by atoms with Crippen LogP contribution in [0.2, 0.25) is 0 Å². The second kappa shape index (κ2) is 11.5.